The lowest BCUT2D eigenvalue weighted by atomic mass is 9.97. The first-order valence-electron chi connectivity index (χ1n) is 9.18. The molecule has 0 amide bonds. The molecule has 2 aromatic heterocycles. The Balaban J connectivity index is 1.63. The van der Waals surface area contributed by atoms with E-state index in [2.05, 4.69) is 51.0 Å². The molecule has 3 aromatic rings. The van der Waals surface area contributed by atoms with Crippen LogP contribution in [0, 0.1) is 5.95 Å². The van der Waals surface area contributed by atoms with Crippen molar-refractivity contribution in [1.82, 2.24) is 9.97 Å². The van der Waals surface area contributed by atoms with E-state index in [1.807, 2.05) is 24.3 Å². The summed E-state index contributed by atoms with van der Waals surface area (Å²) in [4.78, 5) is 14.2. The van der Waals surface area contributed by atoms with Gasteiger partial charge in [-0.2, -0.15) is 4.39 Å². The van der Waals surface area contributed by atoms with Gasteiger partial charge in [0, 0.05) is 27.7 Å². The Labute approximate surface area is 176 Å². The average Bonchev–Trinajstić information content (AvgIpc) is 2.80. The molecule has 3 heterocycles. The van der Waals surface area contributed by atoms with Crippen LogP contribution in [0.25, 0.3) is 0 Å². The maximum Gasteiger partial charge on any atom is 0.215 e. The summed E-state index contributed by atoms with van der Waals surface area (Å²) in [5.74, 6) is 0.367. The number of pyridine rings is 2. The standard InChI is InChI=1S/C22H19BrFN3S/c1-14-5-8-22(28-19-13-16(23)6-7-18(14)19)27-21-12-15(11-20(24)26-21)10-17-4-2-3-9-25-17/h2-4,6-7,9,11-14H,5,8,10H2,1H3. The molecule has 1 aliphatic rings. The predicted octanol–water partition coefficient (Wildman–Crippen LogP) is 6.69. The van der Waals surface area contributed by atoms with Crippen molar-refractivity contribution in [2.24, 2.45) is 4.99 Å². The van der Waals surface area contributed by atoms with E-state index in [0.717, 1.165) is 33.6 Å². The molecule has 0 aliphatic carbocycles. The summed E-state index contributed by atoms with van der Waals surface area (Å²) >= 11 is 5.20. The smallest absolute Gasteiger partial charge is 0.215 e. The van der Waals surface area contributed by atoms with E-state index in [1.165, 1.54) is 16.5 Å². The van der Waals surface area contributed by atoms with E-state index in [1.54, 1.807) is 18.0 Å². The first-order valence-corrected chi connectivity index (χ1v) is 10.8. The third-order valence-corrected chi connectivity index (χ3v) is 6.31. The second-order valence-corrected chi connectivity index (χ2v) is 8.91. The summed E-state index contributed by atoms with van der Waals surface area (Å²) in [6.07, 6.45) is 4.16. The van der Waals surface area contributed by atoms with E-state index in [4.69, 9.17) is 4.99 Å². The summed E-state index contributed by atoms with van der Waals surface area (Å²) in [7, 11) is 0. The van der Waals surface area contributed by atoms with Gasteiger partial charge in [-0.15, -0.1) is 0 Å². The molecular weight excluding hydrogens is 437 g/mol. The normalized spacial score (nSPS) is 18.0. The lowest BCUT2D eigenvalue weighted by Crippen LogP contribution is -1.96. The van der Waals surface area contributed by atoms with Crippen LogP contribution in [-0.2, 0) is 6.42 Å². The number of benzene rings is 1. The third-order valence-electron chi connectivity index (χ3n) is 4.72. The minimum Gasteiger partial charge on any atom is -0.261 e. The molecule has 6 heteroatoms. The predicted molar refractivity (Wildman–Crippen MR) is 116 cm³/mol. The van der Waals surface area contributed by atoms with Gasteiger partial charge in [0.05, 0.1) is 5.04 Å². The van der Waals surface area contributed by atoms with Crippen LogP contribution in [-0.4, -0.2) is 15.0 Å². The monoisotopic (exact) mass is 455 g/mol. The molecule has 0 saturated carbocycles. The Hall–Kier alpha value is -2.05. The van der Waals surface area contributed by atoms with Crippen molar-refractivity contribution in [3.8, 4) is 0 Å². The molecular formula is C22H19BrFN3S. The van der Waals surface area contributed by atoms with Crippen LogP contribution in [0.15, 0.2) is 69.1 Å². The van der Waals surface area contributed by atoms with Crippen LogP contribution in [0.4, 0.5) is 10.2 Å². The molecule has 1 aromatic carbocycles. The second-order valence-electron chi connectivity index (χ2n) is 6.88. The van der Waals surface area contributed by atoms with E-state index in [9.17, 15) is 4.39 Å². The van der Waals surface area contributed by atoms with Crippen molar-refractivity contribution in [2.75, 3.05) is 0 Å². The first kappa shape index (κ1) is 19.3. The van der Waals surface area contributed by atoms with Gasteiger partial charge < -0.3 is 0 Å². The topological polar surface area (TPSA) is 38.1 Å². The van der Waals surface area contributed by atoms with Gasteiger partial charge in [0.1, 0.15) is 0 Å². The van der Waals surface area contributed by atoms with Crippen LogP contribution in [0.2, 0.25) is 0 Å². The number of halogens is 2. The minimum absolute atomic E-state index is 0.416. The fourth-order valence-electron chi connectivity index (χ4n) is 3.29. The molecule has 1 unspecified atom stereocenters. The van der Waals surface area contributed by atoms with Crippen LogP contribution in [0.5, 0.6) is 0 Å². The highest BCUT2D eigenvalue weighted by molar-refractivity contribution is 9.10. The molecule has 0 saturated heterocycles. The Kier molecular flexibility index (Phi) is 5.87. The van der Waals surface area contributed by atoms with Gasteiger partial charge in [0.25, 0.3) is 0 Å². The van der Waals surface area contributed by atoms with Crippen LogP contribution in [0.1, 0.15) is 42.5 Å². The fourth-order valence-corrected chi connectivity index (χ4v) is 4.99. The SMILES string of the molecule is CC1CCC(=Nc2cc(Cc3ccccn3)cc(F)n2)Sc2cc(Br)ccc21. The zero-order chi connectivity index (χ0) is 19.5. The van der Waals surface area contributed by atoms with Crippen molar-refractivity contribution < 1.29 is 4.39 Å². The lowest BCUT2D eigenvalue weighted by molar-refractivity contribution is 0.583. The number of thioether (sulfide) groups is 1. The van der Waals surface area contributed by atoms with Gasteiger partial charge in [0.2, 0.25) is 5.95 Å². The third kappa shape index (κ3) is 4.67. The second kappa shape index (κ2) is 8.53. The highest BCUT2D eigenvalue weighted by Gasteiger charge is 2.19. The number of aromatic nitrogens is 2. The maximum atomic E-state index is 14.1. The van der Waals surface area contributed by atoms with Gasteiger partial charge in [-0.1, -0.05) is 46.7 Å². The van der Waals surface area contributed by atoms with Crippen molar-refractivity contribution in [3.63, 3.8) is 0 Å². The molecule has 0 N–H and O–H groups in total. The van der Waals surface area contributed by atoms with Crippen LogP contribution >= 0.6 is 27.7 Å². The minimum atomic E-state index is -0.511. The summed E-state index contributed by atoms with van der Waals surface area (Å²) < 4.78 is 15.2. The van der Waals surface area contributed by atoms with E-state index in [-0.39, 0.29) is 0 Å². The highest BCUT2D eigenvalue weighted by atomic mass is 79.9. The summed E-state index contributed by atoms with van der Waals surface area (Å²) in [6.45, 7) is 2.24. The molecule has 1 atom stereocenters. The largest absolute Gasteiger partial charge is 0.261 e. The Morgan fingerprint density at radius 3 is 2.93 bits per heavy atom. The molecule has 28 heavy (non-hydrogen) atoms. The van der Waals surface area contributed by atoms with Crippen LogP contribution < -0.4 is 0 Å². The van der Waals surface area contributed by atoms with Crippen LogP contribution in [0.3, 0.4) is 0 Å². The summed E-state index contributed by atoms with van der Waals surface area (Å²) in [6, 6.07) is 15.4. The van der Waals surface area contributed by atoms with Crippen molar-refractivity contribution >= 4 is 38.6 Å². The van der Waals surface area contributed by atoms with Gasteiger partial charge in [-0.25, -0.2) is 9.98 Å². The molecule has 0 fully saturated rings. The van der Waals surface area contributed by atoms with Crippen molar-refractivity contribution in [3.05, 3.63) is 82.0 Å². The quantitative estimate of drug-likeness (QED) is 0.412. The number of nitrogens with zero attached hydrogens (tertiary/aromatic N) is 3. The van der Waals surface area contributed by atoms with Crippen molar-refractivity contribution in [1.29, 1.82) is 0 Å². The highest BCUT2D eigenvalue weighted by Crippen LogP contribution is 2.39. The molecule has 0 radical (unpaired) electrons. The van der Waals surface area contributed by atoms with Crippen molar-refractivity contribution in [2.45, 2.75) is 37.0 Å². The first-order chi connectivity index (χ1) is 13.6. The maximum absolute atomic E-state index is 14.1. The molecule has 0 bridgehead atoms. The molecule has 4 rings (SSSR count). The molecule has 0 spiro atoms. The van der Waals surface area contributed by atoms with Gasteiger partial charge in [-0.3, -0.25) is 4.98 Å². The van der Waals surface area contributed by atoms with Gasteiger partial charge in [0.15, 0.2) is 5.82 Å². The Morgan fingerprint density at radius 1 is 1.21 bits per heavy atom. The number of hydrogen-bond acceptors (Lipinski definition) is 4. The number of fused-ring (bicyclic) bond motifs is 1. The lowest BCUT2D eigenvalue weighted by Gasteiger charge is -2.11. The summed E-state index contributed by atoms with van der Waals surface area (Å²) in [5, 5.41) is 0.964. The zero-order valence-corrected chi connectivity index (χ0v) is 17.8. The number of rotatable bonds is 3. The average molecular weight is 456 g/mol. The van der Waals surface area contributed by atoms with Gasteiger partial charge >= 0.3 is 0 Å². The molecule has 3 nitrogen and oxygen atoms in total. The molecule has 1 aliphatic heterocycles. The Morgan fingerprint density at radius 2 is 2.11 bits per heavy atom. The van der Waals surface area contributed by atoms with E-state index < -0.39 is 5.95 Å². The molecule has 142 valence electrons. The Bertz CT molecular complexity index is 1020. The van der Waals surface area contributed by atoms with E-state index in [0.29, 0.717) is 18.2 Å². The summed E-state index contributed by atoms with van der Waals surface area (Å²) in [5.41, 5.74) is 3.05. The zero-order valence-electron chi connectivity index (χ0n) is 15.4. The fraction of sp³-hybridized carbons (Fsp3) is 0.227. The van der Waals surface area contributed by atoms with Gasteiger partial charge in [-0.05, 0) is 66.3 Å². The van der Waals surface area contributed by atoms with E-state index >= 15 is 0 Å². The number of hydrogen-bond donors (Lipinski definition) is 0. The number of aliphatic imine (C=N–C) groups is 1.